The van der Waals surface area contributed by atoms with Crippen LogP contribution in [0, 0.1) is 0 Å². The van der Waals surface area contributed by atoms with Gasteiger partial charge in [0.15, 0.2) is 5.78 Å². The van der Waals surface area contributed by atoms with Crippen molar-refractivity contribution in [3.63, 3.8) is 0 Å². The molecule has 1 aromatic rings. The smallest absolute Gasteiger partial charge is 0.273 e. The monoisotopic (exact) mass is 181 g/mol. The van der Waals surface area contributed by atoms with Crippen molar-refractivity contribution >= 4 is 23.2 Å². The van der Waals surface area contributed by atoms with E-state index in [4.69, 9.17) is 4.74 Å². The molecular formula is C8H7NO2S. The summed E-state index contributed by atoms with van der Waals surface area (Å²) in [6, 6.07) is 0. The third kappa shape index (κ3) is 1.14. The van der Waals surface area contributed by atoms with Crippen LogP contribution in [0.3, 0.4) is 0 Å². The van der Waals surface area contributed by atoms with E-state index in [1.165, 1.54) is 11.3 Å². The number of ketones is 1. The maximum absolute atomic E-state index is 11.0. The topological polar surface area (TPSA) is 39.2 Å². The van der Waals surface area contributed by atoms with Crippen LogP contribution in [0.2, 0.25) is 0 Å². The number of rotatable bonds is 1. The average Bonchev–Trinajstić information content (AvgIpc) is 2.46. The van der Waals surface area contributed by atoms with Crippen molar-refractivity contribution in [1.82, 2.24) is 4.98 Å². The summed E-state index contributed by atoms with van der Waals surface area (Å²) < 4.78 is 4.96. The molecule has 4 heteroatoms. The lowest BCUT2D eigenvalue weighted by atomic mass is 10.1. The molecule has 0 aliphatic heterocycles. The van der Waals surface area contributed by atoms with Gasteiger partial charge in [0.1, 0.15) is 0 Å². The Morgan fingerprint density at radius 3 is 3.17 bits per heavy atom. The molecule has 0 radical (unpaired) electrons. The molecule has 1 aliphatic carbocycles. The van der Waals surface area contributed by atoms with Crippen LogP contribution in [0.5, 0.6) is 5.19 Å². The molecule has 2 rings (SSSR count). The van der Waals surface area contributed by atoms with Crippen LogP contribution in [-0.2, 0) is 11.2 Å². The Kier molecular flexibility index (Phi) is 1.69. The number of ether oxygens (including phenoxy) is 1. The van der Waals surface area contributed by atoms with E-state index in [-0.39, 0.29) is 5.78 Å². The Morgan fingerprint density at radius 1 is 1.58 bits per heavy atom. The van der Waals surface area contributed by atoms with E-state index < -0.39 is 0 Å². The van der Waals surface area contributed by atoms with Crippen molar-refractivity contribution in [1.29, 1.82) is 0 Å². The van der Waals surface area contributed by atoms with Gasteiger partial charge in [0.2, 0.25) is 0 Å². The lowest BCUT2D eigenvalue weighted by Crippen LogP contribution is -2.02. The molecule has 1 aromatic heterocycles. The number of hydrogen-bond donors (Lipinski definition) is 0. The Balaban J connectivity index is 2.43. The predicted octanol–water partition coefficient (Wildman–Crippen LogP) is 1.29. The van der Waals surface area contributed by atoms with Gasteiger partial charge in [-0.05, 0) is 12.2 Å². The first-order valence-corrected chi connectivity index (χ1v) is 4.36. The zero-order valence-corrected chi connectivity index (χ0v) is 7.35. The van der Waals surface area contributed by atoms with Gasteiger partial charge in [-0.2, -0.15) is 0 Å². The highest BCUT2D eigenvalue weighted by Gasteiger charge is 2.15. The summed E-state index contributed by atoms with van der Waals surface area (Å²) in [5, 5.41) is 0.624. The highest BCUT2D eigenvalue weighted by atomic mass is 32.1. The highest BCUT2D eigenvalue weighted by Crippen LogP contribution is 2.28. The van der Waals surface area contributed by atoms with E-state index in [1.807, 2.05) is 0 Å². The largest absolute Gasteiger partial charge is 0.473 e. The van der Waals surface area contributed by atoms with Gasteiger partial charge in [-0.3, -0.25) is 4.79 Å². The number of carbonyl (C=O) groups is 1. The zero-order chi connectivity index (χ0) is 8.55. The van der Waals surface area contributed by atoms with Crippen LogP contribution in [0.4, 0.5) is 0 Å². The minimum absolute atomic E-state index is 0.133. The molecule has 0 bridgehead atoms. The van der Waals surface area contributed by atoms with Gasteiger partial charge in [-0.15, -0.1) is 0 Å². The van der Waals surface area contributed by atoms with Crippen molar-refractivity contribution in [2.75, 3.05) is 7.11 Å². The fourth-order valence-electron chi connectivity index (χ4n) is 1.07. The summed E-state index contributed by atoms with van der Waals surface area (Å²) in [5.74, 6) is 0.133. The van der Waals surface area contributed by atoms with Crippen molar-refractivity contribution in [2.24, 2.45) is 0 Å². The maximum atomic E-state index is 11.0. The number of nitrogens with zero attached hydrogens (tertiary/aromatic N) is 1. The van der Waals surface area contributed by atoms with E-state index >= 15 is 0 Å². The number of allylic oxidation sites excluding steroid dienone is 1. The molecule has 0 spiro atoms. The summed E-state index contributed by atoms with van der Waals surface area (Å²) in [6.45, 7) is 0. The number of hydrogen-bond acceptors (Lipinski definition) is 4. The van der Waals surface area contributed by atoms with Crippen LogP contribution in [0.15, 0.2) is 6.08 Å². The van der Waals surface area contributed by atoms with Crippen molar-refractivity contribution in [3.8, 4) is 5.19 Å². The molecule has 0 aromatic carbocycles. The summed E-state index contributed by atoms with van der Waals surface area (Å²) in [6.07, 6.45) is 3.76. The molecule has 0 fully saturated rings. The lowest BCUT2D eigenvalue weighted by Gasteiger charge is -1.98. The van der Waals surface area contributed by atoms with E-state index in [0.717, 1.165) is 10.6 Å². The molecule has 1 heterocycles. The average molecular weight is 181 g/mol. The fourth-order valence-corrected chi connectivity index (χ4v) is 1.95. The molecular weight excluding hydrogens is 174 g/mol. The van der Waals surface area contributed by atoms with Gasteiger partial charge in [0, 0.05) is 11.3 Å². The lowest BCUT2D eigenvalue weighted by molar-refractivity contribution is -0.114. The zero-order valence-electron chi connectivity index (χ0n) is 6.53. The minimum Gasteiger partial charge on any atom is -0.473 e. The van der Waals surface area contributed by atoms with Crippen LogP contribution >= 0.6 is 11.3 Å². The van der Waals surface area contributed by atoms with Crippen molar-refractivity contribution in [2.45, 2.75) is 6.42 Å². The number of fused-ring (bicyclic) bond motifs is 1. The van der Waals surface area contributed by atoms with Crippen LogP contribution in [-0.4, -0.2) is 17.9 Å². The number of methoxy groups -OCH3 is 1. The molecule has 12 heavy (non-hydrogen) atoms. The van der Waals surface area contributed by atoms with Gasteiger partial charge in [-0.25, -0.2) is 4.98 Å². The molecule has 0 N–H and O–H groups in total. The van der Waals surface area contributed by atoms with E-state index in [9.17, 15) is 4.79 Å². The molecule has 0 saturated carbocycles. The molecule has 3 nitrogen and oxygen atoms in total. The quantitative estimate of drug-likeness (QED) is 0.655. The van der Waals surface area contributed by atoms with Gasteiger partial charge in [0.05, 0.1) is 12.8 Å². The Morgan fingerprint density at radius 2 is 2.42 bits per heavy atom. The Bertz CT molecular complexity index is 354. The fraction of sp³-hybridized carbons (Fsp3) is 0.250. The second-order valence-corrected chi connectivity index (χ2v) is 3.51. The molecule has 0 unspecified atom stereocenters. The first-order chi connectivity index (χ1) is 5.79. The second kappa shape index (κ2) is 2.71. The standard InChI is InChI=1S/C8H7NO2S/c1-11-8-9-6-3-2-5(10)4-7(6)12-8/h2-3H,4H2,1H3. The molecule has 0 amide bonds. The third-order valence-corrected chi connectivity index (χ3v) is 2.68. The first kappa shape index (κ1) is 7.49. The van der Waals surface area contributed by atoms with Gasteiger partial charge in [0.25, 0.3) is 5.19 Å². The van der Waals surface area contributed by atoms with Gasteiger partial charge in [-0.1, -0.05) is 11.3 Å². The summed E-state index contributed by atoms with van der Waals surface area (Å²) >= 11 is 1.43. The summed E-state index contributed by atoms with van der Waals surface area (Å²) in [4.78, 5) is 16.1. The highest BCUT2D eigenvalue weighted by molar-refractivity contribution is 7.13. The number of carbonyl (C=O) groups excluding carboxylic acids is 1. The first-order valence-electron chi connectivity index (χ1n) is 3.54. The molecule has 1 aliphatic rings. The third-order valence-electron chi connectivity index (χ3n) is 1.64. The predicted molar refractivity (Wildman–Crippen MR) is 46.4 cm³/mol. The summed E-state index contributed by atoms with van der Waals surface area (Å²) in [7, 11) is 1.58. The van der Waals surface area contributed by atoms with E-state index in [1.54, 1.807) is 19.3 Å². The Labute approximate surface area is 73.7 Å². The normalized spacial score (nSPS) is 14.6. The summed E-state index contributed by atoms with van der Waals surface area (Å²) in [5.41, 5.74) is 0.872. The van der Waals surface area contributed by atoms with Crippen molar-refractivity contribution in [3.05, 3.63) is 16.6 Å². The van der Waals surface area contributed by atoms with Gasteiger partial charge < -0.3 is 4.74 Å². The van der Waals surface area contributed by atoms with Crippen LogP contribution in [0.25, 0.3) is 6.08 Å². The van der Waals surface area contributed by atoms with Crippen LogP contribution in [0.1, 0.15) is 10.6 Å². The number of aromatic nitrogens is 1. The second-order valence-electron chi connectivity index (χ2n) is 2.47. The minimum atomic E-state index is 0.133. The van der Waals surface area contributed by atoms with Crippen LogP contribution < -0.4 is 4.74 Å². The number of thiazole rings is 1. The SMILES string of the molecule is COc1nc2c(s1)CC(=O)C=C2. The van der Waals surface area contributed by atoms with E-state index in [0.29, 0.717) is 11.6 Å². The van der Waals surface area contributed by atoms with Gasteiger partial charge >= 0.3 is 0 Å². The Hall–Kier alpha value is -1.16. The maximum Gasteiger partial charge on any atom is 0.273 e. The molecule has 0 atom stereocenters. The van der Waals surface area contributed by atoms with E-state index in [2.05, 4.69) is 4.98 Å². The molecule has 0 saturated heterocycles. The van der Waals surface area contributed by atoms with Crippen molar-refractivity contribution < 1.29 is 9.53 Å². The molecule has 62 valence electrons.